The summed E-state index contributed by atoms with van der Waals surface area (Å²) in [4.78, 5) is 14.8. The summed E-state index contributed by atoms with van der Waals surface area (Å²) >= 11 is 0. The predicted molar refractivity (Wildman–Crippen MR) is 105 cm³/mol. The van der Waals surface area contributed by atoms with Crippen molar-refractivity contribution in [1.82, 2.24) is 9.91 Å². The number of amides is 1. The van der Waals surface area contributed by atoms with Crippen LogP contribution >= 0.6 is 0 Å². The molecule has 0 spiro atoms. The van der Waals surface area contributed by atoms with Crippen molar-refractivity contribution in [2.75, 3.05) is 19.6 Å². The Morgan fingerprint density at radius 2 is 1.85 bits per heavy atom. The average Bonchev–Trinajstić information content (AvgIpc) is 2.77. The number of rotatable bonds is 4. The molecular weight excluding hydrogens is 322 g/mol. The molecule has 1 fully saturated rings. The van der Waals surface area contributed by atoms with Crippen molar-refractivity contribution in [1.29, 1.82) is 0 Å². The molecule has 4 heteroatoms. The molecule has 140 valence electrons. The van der Waals surface area contributed by atoms with E-state index in [4.69, 9.17) is 5.10 Å². The Bertz CT molecular complexity index is 705. The molecule has 0 atom stereocenters. The minimum Gasteiger partial charge on any atom is -0.300 e. The molecule has 3 aliphatic rings. The Morgan fingerprint density at radius 3 is 2.54 bits per heavy atom. The van der Waals surface area contributed by atoms with Gasteiger partial charge in [-0.3, -0.25) is 9.69 Å². The van der Waals surface area contributed by atoms with E-state index in [-0.39, 0.29) is 5.91 Å². The molecule has 1 amide bonds. The van der Waals surface area contributed by atoms with Crippen LogP contribution in [0, 0.1) is 5.92 Å². The number of fused-ring (bicyclic) bond motifs is 1. The van der Waals surface area contributed by atoms with Gasteiger partial charge in [0.15, 0.2) is 0 Å². The molecule has 1 aliphatic carbocycles. The highest BCUT2D eigenvalue weighted by molar-refractivity contribution is 6.04. The van der Waals surface area contributed by atoms with Gasteiger partial charge >= 0.3 is 0 Å². The Labute approximate surface area is 157 Å². The van der Waals surface area contributed by atoms with Crippen molar-refractivity contribution in [3.8, 4) is 0 Å². The van der Waals surface area contributed by atoms with Crippen LogP contribution in [0.4, 0.5) is 0 Å². The summed E-state index contributed by atoms with van der Waals surface area (Å²) in [7, 11) is 0. The molecule has 4 nitrogen and oxygen atoms in total. The SMILES string of the molecule is CC(C)CN1N=C(c2ccc3c(c2)CCN(C2CCC2)CC3)CCC1=O. The van der Waals surface area contributed by atoms with E-state index in [0.717, 1.165) is 31.0 Å². The monoisotopic (exact) mass is 353 g/mol. The largest absolute Gasteiger partial charge is 0.300 e. The number of carbonyl (C=O) groups excluding carboxylic acids is 1. The van der Waals surface area contributed by atoms with Gasteiger partial charge in [0.05, 0.1) is 5.71 Å². The lowest BCUT2D eigenvalue weighted by Crippen LogP contribution is -2.41. The van der Waals surface area contributed by atoms with Crippen LogP contribution in [0.5, 0.6) is 0 Å². The second kappa shape index (κ2) is 7.51. The molecule has 0 unspecified atom stereocenters. The van der Waals surface area contributed by atoms with Gasteiger partial charge in [0.1, 0.15) is 0 Å². The van der Waals surface area contributed by atoms with Gasteiger partial charge in [-0.2, -0.15) is 5.10 Å². The Kier molecular flexibility index (Phi) is 5.12. The summed E-state index contributed by atoms with van der Waals surface area (Å²) in [6.07, 6.45) is 7.83. The molecule has 2 heterocycles. The lowest BCUT2D eigenvalue weighted by atomic mass is 9.91. The number of hydrogen-bond donors (Lipinski definition) is 0. The highest BCUT2D eigenvalue weighted by Crippen LogP contribution is 2.28. The van der Waals surface area contributed by atoms with Gasteiger partial charge in [-0.25, -0.2) is 5.01 Å². The van der Waals surface area contributed by atoms with Gasteiger partial charge in [-0.1, -0.05) is 32.4 Å². The maximum atomic E-state index is 12.1. The standard InChI is InChI=1S/C22H31N3O/c1-16(2)15-25-22(26)9-8-21(23-25)19-7-6-17-10-12-24(20-4-3-5-20)13-11-18(17)14-19/h6-7,14,16,20H,3-5,8-13,15H2,1-2H3. The number of hydrazone groups is 1. The Balaban J connectivity index is 1.52. The fourth-order valence-electron chi connectivity index (χ4n) is 4.34. The van der Waals surface area contributed by atoms with Crippen molar-refractivity contribution in [3.05, 3.63) is 34.9 Å². The van der Waals surface area contributed by atoms with E-state index in [1.807, 2.05) is 0 Å². The van der Waals surface area contributed by atoms with Crippen molar-refractivity contribution in [2.24, 2.45) is 11.0 Å². The maximum absolute atomic E-state index is 12.1. The van der Waals surface area contributed by atoms with E-state index in [1.54, 1.807) is 5.01 Å². The first-order valence-corrected chi connectivity index (χ1v) is 10.3. The van der Waals surface area contributed by atoms with Gasteiger partial charge in [-0.15, -0.1) is 0 Å². The lowest BCUT2D eigenvalue weighted by molar-refractivity contribution is -0.132. The van der Waals surface area contributed by atoms with Gasteiger partial charge in [-0.05, 0) is 54.4 Å². The molecule has 0 N–H and O–H groups in total. The van der Waals surface area contributed by atoms with Crippen molar-refractivity contribution >= 4 is 11.6 Å². The molecule has 0 radical (unpaired) electrons. The quantitative estimate of drug-likeness (QED) is 0.829. The molecule has 26 heavy (non-hydrogen) atoms. The van der Waals surface area contributed by atoms with Crippen LogP contribution in [0.1, 0.15) is 62.6 Å². The van der Waals surface area contributed by atoms with Crippen LogP contribution in [0.15, 0.2) is 23.3 Å². The second-order valence-electron chi connectivity index (χ2n) is 8.52. The van der Waals surface area contributed by atoms with Gasteiger partial charge < -0.3 is 0 Å². The number of benzene rings is 1. The van der Waals surface area contributed by atoms with Crippen LogP contribution in [-0.2, 0) is 17.6 Å². The first kappa shape index (κ1) is 17.7. The van der Waals surface area contributed by atoms with Crippen molar-refractivity contribution in [3.63, 3.8) is 0 Å². The number of hydrogen-bond acceptors (Lipinski definition) is 3. The van der Waals surface area contributed by atoms with Crippen LogP contribution in [0.25, 0.3) is 0 Å². The highest BCUT2D eigenvalue weighted by Gasteiger charge is 2.27. The summed E-state index contributed by atoms with van der Waals surface area (Å²) in [5, 5.41) is 6.39. The minimum absolute atomic E-state index is 0.161. The number of carbonyl (C=O) groups is 1. The molecule has 4 rings (SSSR count). The molecule has 1 saturated carbocycles. The molecule has 0 aromatic heterocycles. The van der Waals surface area contributed by atoms with E-state index in [2.05, 4.69) is 36.9 Å². The first-order valence-electron chi connectivity index (χ1n) is 10.3. The minimum atomic E-state index is 0.161. The fourth-order valence-corrected chi connectivity index (χ4v) is 4.34. The summed E-state index contributed by atoms with van der Waals surface area (Å²) in [6, 6.07) is 7.71. The number of nitrogens with zero attached hydrogens (tertiary/aromatic N) is 3. The van der Waals surface area contributed by atoms with E-state index >= 15 is 0 Å². The Morgan fingerprint density at radius 1 is 1.08 bits per heavy atom. The molecular formula is C22H31N3O. The average molecular weight is 354 g/mol. The summed E-state index contributed by atoms with van der Waals surface area (Å²) in [5.74, 6) is 0.597. The normalized spacial score (nSPS) is 22.0. The topological polar surface area (TPSA) is 35.9 Å². The van der Waals surface area contributed by atoms with Crippen LogP contribution in [0.3, 0.4) is 0 Å². The van der Waals surface area contributed by atoms with E-state index in [1.165, 1.54) is 49.0 Å². The van der Waals surface area contributed by atoms with Crippen LogP contribution in [-0.4, -0.2) is 47.2 Å². The molecule has 0 saturated heterocycles. The molecule has 0 bridgehead atoms. The lowest BCUT2D eigenvalue weighted by Gasteiger charge is -2.36. The van der Waals surface area contributed by atoms with Crippen molar-refractivity contribution < 1.29 is 4.79 Å². The van der Waals surface area contributed by atoms with Gasteiger partial charge in [0, 0.05) is 38.5 Å². The van der Waals surface area contributed by atoms with E-state index in [9.17, 15) is 4.79 Å². The molecule has 2 aliphatic heterocycles. The molecule has 1 aromatic carbocycles. The third kappa shape index (κ3) is 3.71. The summed E-state index contributed by atoms with van der Waals surface area (Å²) < 4.78 is 0. The third-order valence-electron chi connectivity index (χ3n) is 6.11. The fraction of sp³-hybridized carbons (Fsp3) is 0.636. The smallest absolute Gasteiger partial charge is 0.243 e. The van der Waals surface area contributed by atoms with Crippen LogP contribution in [0.2, 0.25) is 0 Å². The van der Waals surface area contributed by atoms with E-state index < -0.39 is 0 Å². The Hall–Kier alpha value is -1.68. The van der Waals surface area contributed by atoms with Crippen molar-refractivity contribution in [2.45, 2.75) is 64.8 Å². The van der Waals surface area contributed by atoms with E-state index in [0.29, 0.717) is 18.9 Å². The summed E-state index contributed by atoms with van der Waals surface area (Å²) in [6.45, 7) is 7.37. The highest BCUT2D eigenvalue weighted by atomic mass is 16.2. The van der Waals surface area contributed by atoms with Gasteiger partial charge in [0.2, 0.25) is 5.91 Å². The zero-order chi connectivity index (χ0) is 18.1. The van der Waals surface area contributed by atoms with Crippen LogP contribution < -0.4 is 0 Å². The molecule has 1 aromatic rings. The third-order valence-corrected chi connectivity index (χ3v) is 6.11. The second-order valence-corrected chi connectivity index (χ2v) is 8.52. The maximum Gasteiger partial charge on any atom is 0.243 e. The summed E-state index contributed by atoms with van der Waals surface area (Å²) in [5.41, 5.74) is 5.27. The first-order chi connectivity index (χ1) is 12.6. The predicted octanol–water partition coefficient (Wildman–Crippen LogP) is 3.62. The zero-order valence-electron chi connectivity index (χ0n) is 16.2. The van der Waals surface area contributed by atoms with Gasteiger partial charge in [0.25, 0.3) is 0 Å². The zero-order valence-corrected chi connectivity index (χ0v) is 16.2.